The lowest BCUT2D eigenvalue weighted by molar-refractivity contribution is -0.118. The summed E-state index contributed by atoms with van der Waals surface area (Å²) in [6, 6.07) is 16.9. The minimum Gasteiger partial charge on any atom is -0.322 e. The fraction of sp³-hybridized carbons (Fsp3) is 0.130. The molecular formula is C23H22N2O2S. The van der Waals surface area contributed by atoms with Gasteiger partial charge in [-0.15, -0.1) is 11.3 Å². The van der Waals surface area contributed by atoms with E-state index in [1.54, 1.807) is 6.08 Å². The highest BCUT2D eigenvalue weighted by Gasteiger charge is 2.20. The summed E-state index contributed by atoms with van der Waals surface area (Å²) >= 11 is 1.49. The molecule has 3 aromatic rings. The van der Waals surface area contributed by atoms with Crippen LogP contribution >= 0.6 is 11.3 Å². The number of anilines is 2. The first kappa shape index (κ1) is 19.6. The molecule has 0 fully saturated rings. The highest BCUT2D eigenvalue weighted by atomic mass is 32.1. The second kappa shape index (κ2) is 8.67. The van der Waals surface area contributed by atoms with E-state index in [-0.39, 0.29) is 5.57 Å². The molecule has 1 heterocycles. The van der Waals surface area contributed by atoms with Gasteiger partial charge in [0.2, 0.25) is 0 Å². The average molecular weight is 391 g/mol. The smallest absolute Gasteiger partial charge is 0.261 e. The van der Waals surface area contributed by atoms with Crippen molar-refractivity contribution >= 4 is 40.6 Å². The zero-order valence-corrected chi connectivity index (χ0v) is 16.9. The van der Waals surface area contributed by atoms with Crippen molar-refractivity contribution in [3.8, 4) is 0 Å². The third-order valence-electron chi connectivity index (χ3n) is 4.29. The third kappa shape index (κ3) is 4.96. The molecule has 0 saturated carbocycles. The topological polar surface area (TPSA) is 58.2 Å². The minimum absolute atomic E-state index is 0.0618. The molecule has 0 bridgehead atoms. The van der Waals surface area contributed by atoms with Crippen LogP contribution in [0.3, 0.4) is 0 Å². The summed E-state index contributed by atoms with van der Waals surface area (Å²) in [5, 5.41) is 7.57. The minimum atomic E-state index is -0.443. The lowest BCUT2D eigenvalue weighted by Gasteiger charge is -2.11. The van der Waals surface area contributed by atoms with E-state index in [0.29, 0.717) is 11.4 Å². The summed E-state index contributed by atoms with van der Waals surface area (Å²) in [7, 11) is 0. The van der Waals surface area contributed by atoms with Gasteiger partial charge < -0.3 is 10.6 Å². The maximum absolute atomic E-state index is 12.9. The first-order valence-electron chi connectivity index (χ1n) is 8.94. The fourth-order valence-corrected chi connectivity index (χ4v) is 3.43. The molecule has 0 aliphatic heterocycles. The predicted molar refractivity (Wildman–Crippen MR) is 117 cm³/mol. The van der Waals surface area contributed by atoms with Gasteiger partial charge in [-0.25, -0.2) is 0 Å². The molecule has 28 heavy (non-hydrogen) atoms. The van der Waals surface area contributed by atoms with Crippen LogP contribution in [-0.4, -0.2) is 11.8 Å². The Morgan fingerprint density at radius 3 is 1.61 bits per heavy atom. The molecule has 2 amide bonds. The standard InChI is InChI=1S/C23H22N2O2S/c1-15-4-8-18(9-5-15)24-22(26)20(14-21-17(3)12-13-28-21)23(27)25-19-10-6-16(2)7-11-19/h4-14H,1-3H3,(H,24,26)(H,25,27). The highest BCUT2D eigenvalue weighted by Crippen LogP contribution is 2.21. The van der Waals surface area contributed by atoms with Crippen LogP contribution in [0.25, 0.3) is 6.08 Å². The Kier molecular flexibility index (Phi) is 6.06. The molecule has 0 aliphatic carbocycles. The largest absolute Gasteiger partial charge is 0.322 e. The van der Waals surface area contributed by atoms with Gasteiger partial charge >= 0.3 is 0 Å². The highest BCUT2D eigenvalue weighted by molar-refractivity contribution is 7.11. The summed E-state index contributed by atoms with van der Waals surface area (Å²) in [6.45, 7) is 5.91. The zero-order chi connectivity index (χ0) is 20.1. The van der Waals surface area contributed by atoms with Crippen molar-refractivity contribution in [1.29, 1.82) is 0 Å². The Bertz CT molecular complexity index is 954. The second-order valence-electron chi connectivity index (χ2n) is 6.67. The van der Waals surface area contributed by atoms with E-state index >= 15 is 0 Å². The maximum atomic E-state index is 12.9. The first-order valence-corrected chi connectivity index (χ1v) is 9.82. The molecule has 0 atom stereocenters. The lowest BCUT2D eigenvalue weighted by Crippen LogP contribution is -2.25. The van der Waals surface area contributed by atoms with Crippen molar-refractivity contribution in [2.24, 2.45) is 0 Å². The van der Waals surface area contributed by atoms with Gasteiger partial charge in [0.05, 0.1) is 0 Å². The van der Waals surface area contributed by atoms with Crippen LogP contribution in [-0.2, 0) is 9.59 Å². The summed E-state index contributed by atoms with van der Waals surface area (Å²) in [6.07, 6.45) is 1.65. The van der Waals surface area contributed by atoms with Crippen molar-refractivity contribution in [1.82, 2.24) is 0 Å². The van der Waals surface area contributed by atoms with Crippen LogP contribution in [0.4, 0.5) is 11.4 Å². The SMILES string of the molecule is Cc1ccc(NC(=O)C(=Cc2sccc2C)C(=O)Nc2ccc(C)cc2)cc1. The summed E-state index contributed by atoms with van der Waals surface area (Å²) in [4.78, 5) is 26.7. The van der Waals surface area contributed by atoms with Crippen molar-refractivity contribution in [3.63, 3.8) is 0 Å². The Labute approximate surface area is 168 Å². The number of nitrogens with one attached hydrogen (secondary N) is 2. The number of benzene rings is 2. The van der Waals surface area contributed by atoms with Gasteiger partial charge in [0.25, 0.3) is 11.8 Å². The number of carbonyl (C=O) groups is 2. The van der Waals surface area contributed by atoms with Gasteiger partial charge in [0, 0.05) is 16.3 Å². The maximum Gasteiger partial charge on any atom is 0.261 e. The molecule has 0 unspecified atom stereocenters. The van der Waals surface area contributed by atoms with Gasteiger partial charge in [0.1, 0.15) is 5.57 Å². The Morgan fingerprint density at radius 1 is 0.750 bits per heavy atom. The number of amides is 2. The third-order valence-corrected chi connectivity index (χ3v) is 5.25. The van der Waals surface area contributed by atoms with Crippen molar-refractivity contribution in [2.75, 3.05) is 10.6 Å². The van der Waals surface area contributed by atoms with Crippen LogP contribution in [0.15, 0.2) is 65.6 Å². The Morgan fingerprint density at radius 2 is 1.21 bits per heavy atom. The molecule has 0 spiro atoms. The molecule has 0 radical (unpaired) electrons. The summed E-state index contributed by atoms with van der Waals surface area (Å²) in [5.74, 6) is -0.887. The molecule has 2 aromatic carbocycles. The van der Waals surface area contributed by atoms with E-state index in [1.165, 1.54) is 11.3 Å². The van der Waals surface area contributed by atoms with E-state index in [2.05, 4.69) is 10.6 Å². The fourth-order valence-electron chi connectivity index (χ4n) is 2.57. The number of rotatable bonds is 5. The first-order chi connectivity index (χ1) is 13.4. The van der Waals surface area contributed by atoms with Gasteiger partial charge in [-0.2, -0.15) is 0 Å². The van der Waals surface area contributed by atoms with Gasteiger partial charge in [-0.1, -0.05) is 35.4 Å². The second-order valence-corrected chi connectivity index (χ2v) is 7.61. The van der Waals surface area contributed by atoms with E-state index in [9.17, 15) is 9.59 Å². The molecule has 4 nitrogen and oxygen atoms in total. The van der Waals surface area contributed by atoms with E-state index in [1.807, 2.05) is 80.7 Å². The average Bonchev–Trinajstić information content (AvgIpc) is 3.08. The van der Waals surface area contributed by atoms with Gasteiger partial charge in [0.15, 0.2) is 0 Å². The number of hydrogen-bond donors (Lipinski definition) is 2. The van der Waals surface area contributed by atoms with Crippen LogP contribution in [0.5, 0.6) is 0 Å². The van der Waals surface area contributed by atoms with E-state index < -0.39 is 11.8 Å². The Hall–Kier alpha value is -3.18. The van der Waals surface area contributed by atoms with Crippen molar-refractivity contribution in [2.45, 2.75) is 20.8 Å². The van der Waals surface area contributed by atoms with Crippen LogP contribution in [0.1, 0.15) is 21.6 Å². The van der Waals surface area contributed by atoms with E-state index in [0.717, 1.165) is 21.6 Å². The van der Waals surface area contributed by atoms with Crippen LogP contribution in [0.2, 0.25) is 0 Å². The lowest BCUT2D eigenvalue weighted by atomic mass is 10.1. The van der Waals surface area contributed by atoms with Crippen LogP contribution < -0.4 is 10.6 Å². The number of hydrogen-bond acceptors (Lipinski definition) is 3. The number of thiophene rings is 1. The van der Waals surface area contributed by atoms with Crippen molar-refractivity contribution in [3.05, 3.63) is 87.1 Å². The monoisotopic (exact) mass is 390 g/mol. The molecule has 3 rings (SSSR count). The molecule has 5 heteroatoms. The Balaban J connectivity index is 1.88. The summed E-state index contributed by atoms with van der Waals surface area (Å²) in [5.41, 5.74) is 4.57. The molecule has 0 aliphatic rings. The normalized spacial score (nSPS) is 10.2. The van der Waals surface area contributed by atoms with Gasteiger partial charge in [-0.3, -0.25) is 9.59 Å². The predicted octanol–water partition coefficient (Wildman–Crippen LogP) is 5.33. The summed E-state index contributed by atoms with van der Waals surface area (Å²) < 4.78 is 0. The van der Waals surface area contributed by atoms with Crippen molar-refractivity contribution < 1.29 is 9.59 Å². The molecular weight excluding hydrogens is 368 g/mol. The molecule has 0 saturated heterocycles. The molecule has 1 aromatic heterocycles. The van der Waals surface area contributed by atoms with Crippen LogP contribution in [0, 0.1) is 20.8 Å². The molecule has 2 N–H and O–H groups in total. The quantitative estimate of drug-likeness (QED) is 0.351. The number of carbonyl (C=O) groups excluding carboxylic acids is 2. The van der Waals surface area contributed by atoms with E-state index in [4.69, 9.17) is 0 Å². The zero-order valence-electron chi connectivity index (χ0n) is 16.1. The molecule has 142 valence electrons. The van der Waals surface area contributed by atoms with Gasteiger partial charge in [-0.05, 0) is 68.1 Å². The number of aryl methyl sites for hydroxylation is 3.